The van der Waals surface area contributed by atoms with Crippen molar-refractivity contribution in [1.29, 1.82) is 0 Å². The van der Waals surface area contributed by atoms with Crippen LogP contribution in [0.15, 0.2) is 36.5 Å². The van der Waals surface area contributed by atoms with Crippen LogP contribution in [0.25, 0.3) is 10.9 Å². The van der Waals surface area contributed by atoms with Gasteiger partial charge in [0, 0.05) is 11.6 Å². The summed E-state index contributed by atoms with van der Waals surface area (Å²) in [6.45, 7) is 2.35. The molecule has 1 saturated heterocycles. The number of piperidine rings is 1. The van der Waals surface area contributed by atoms with Crippen LogP contribution in [0.2, 0.25) is 0 Å². The van der Waals surface area contributed by atoms with E-state index >= 15 is 0 Å². The number of hydrogen-bond donors (Lipinski definition) is 1. The summed E-state index contributed by atoms with van der Waals surface area (Å²) >= 11 is 0. The normalized spacial score (nSPS) is 18.4. The van der Waals surface area contributed by atoms with E-state index in [9.17, 15) is 0 Å². The average molecular weight is 299 g/mol. The molecule has 1 aromatic carbocycles. The molecule has 1 fully saturated rings. The van der Waals surface area contributed by atoms with Gasteiger partial charge in [0.15, 0.2) is 0 Å². The minimum absolute atomic E-state index is 0. The van der Waals surface area contributed by atoms with Gasteiger partial charge in [-0.05, 0) is 56.0 Å². The molecule has 4 heteroatoms. The molecule has 0 bridgehead atoms. The molecule has 1 atom stereocenters. The second-order valence-corrected chi connectivity index (χ2v) is 4.90. The van der Waals surface area contributed by atoms with Gasteiger partial charge in [0.25, 0.3) is 0 Å². The Morgan fingerprint density at radius 3 is 2.79 bits per heavy atom. The molecule has 1 unspecified atom stereocenters. The minimum atomic E-state index is 0. The van der Waals surface area contributed by atoms with Crippen LogP contribution >= 0.6 is 24.8 Å². The summed E-state index contributed by atoms with van der Waals surface area (Å²) in [5, 5.41) is 4.81. The quantitative estimate of drug-likeness (QED) is 0.916. The second kappa shape index (κ2) is 7.68. The second-order valence-electron chi connectivity index (χ2n) is 4.90. The monoisotopic (exact) mass is 298 g/mol. The topological polar surface area (TPSA) is 24.9 Å². The number of hydrogen-bond acceptors (Lipinski definition) is 2. The Labute approximate surface area is 126 Å². The highest BCUT2D eigenvalue weighted by Crippen LogP contribution is 2.22. The van der Waals surface area contributed by atoms with E-state index in [0.717, 1.165) is 18.0 Å². The summed E-state index contributed by atoms with van der Waals surface area (Å²) in [6.07, 6.45) is 5.78. The maximum Gasteiger partial charge on any atom is 0.0704 e. The van der Waals surface area contributed by atoms with Crippen LogP contribution in [0, 0.1) is 5.92 Å². The highest BCUT2D eigenvalue weighted by Gasteiger charge is 2.14. The maximum absolute atomic E-state index is 4.42. The van der Waals surface area contributed by atoms with Crippen LogP contribution in [0.1, 0.15) is 18.4 Å². The Morgan fingerprint density at radius 1 is 1.16 bits per heavy atom. The summed E-state index contributed by atoms with van der Waals surface area (Å²) in [7, 11) is 0. The molecule has 2 aromatic rings. The van der Waals surface area contributed by atoms with E-state index in [1.807, 2.05) is 6.20 Å². The molecule has 2 nitrogen and oxygen atoms in total. The van der Waals surface area contributed by atoms with Crippen molar-refractivity contribution in [3.8, 4) is 0 Å². The molecule has 1 aromatic heterocycles. The lowest BCUT2D eigenvalue weighted by Crippen LogP contribution is -2.30. The van der Waals surface area contributed by atoms with Gasteiger partial charge in [-0.25, -0.2) is 0 Å². The van der Waals surface area contributed by atoms with Gasteiger partial charge in [-0.1, -0.05) is 18.2 Å². The zero-order valence-corrected chi connectivity index (χ0v) is 12.5. The SMILES string of the molecule is Cl.Cl.c1ccc2c(CC3CCCNC3)ccnc2c1. The van der Waals surface area contributed by atoms with Gasteiger partial charge in [0.05, 0.1) is 5.52 Å². The summed E-state index contributed by atoms with van der Waals surface area (Å²) in [5.41, 5.74) is 2.57. The van der Waals surface area contributed by atoms with Crippen LogP contribution < -0.4 is 5.32 Å². The predicted molar refractivity (Wildman–Crippen MR) is 85.5 cm³/mol. The van der Waals surface area contributed by atoms with Crippen molar-refractivity contribution in [2.45, 2.75) is 19.3 Å². The van der Waals surface area contributed by atoms with Gasteiger partial charge >= 0.3 is 0 Å². The van der Waals surface area contributed by atoms with Gasteiger partial charge in [-0.2, -0.15) is 0 Å². The molecule has 3 rings (SSSR count). The summed E-state index contributed by atoms with van der Waals surface area (Å²) in [4.78, 5) is 4.42. The van der Waals surface area contributed by atoms with Crippen molar-refractivity contribution < 1.29 is 0 Å². The first-order valence-corrected chi connectivity index (χ1v) is 6.47. The number of benzene rings is 1. The lowest BCUT2D eigenvalue weighted by atomic mass is 9.91. The van der Waals surface area contributed by atoms with Crippen LogP contribution in [0.5, 0.6) is 0 Å². The summed E-state index contributed by atoms with van der Waals surface area (Å²) < 4.78 is 0. The number of pyridine rings is 1. The molecule has 0 saturated carbocycles. The first-order chi connectivity index (χ1) is 8.43. The fraction of sp³-hybridized carbons (Fsp3) is 0.400. The minimum Gasteiger partial charge on any atom is -0.316 e. The molecule has 2 heterocycles. The smallest absolute Gasteiger partial charge is 0.0704 e. The molecule has 0 aliphatic carbocycles. The van der Waals surface area contributed by atoms with E-state index in [4.69, 9.17) is 0 Å². The summed E-state index contributed by atoms with van der Waals surface area (Å²) in [6, 6.07) is 10.6. The lowest BCUT2D eigenvalue weighted by Gasteiger charge is -2.23. The standard InChI is InChI=1S/C15H18N2.2ClH/c1-2-6-15-14(5-1)13(7-9-17-15)10-12-4-3-8-16-11-12;;/h1-2,5-7,9,12,16H,3-4,8,10-11H2;2*1H. The van der Waals surface area contributed by atoms with E-state index < -0.39 is 0 Å². The van der Waals surface area contributed by atoms with Gasteiger partial charge in [0.2, 0.25) is 0 Å². The fourth-order valence-corrected chi connectivity index (χ4v) is 2.74. The van der Waals surface area contributed by atoms with Crippen LogP contribution in [-0.4, -0.2) is 18.1 Å². The molecule has 19 heavy (non-hydrogen) atoms. The van der Waals surface area contributed by atoms with E-state index in [2.05, 4.69) is 40.6 Å². The van der Waals surface area contributed by atoms with Crippen molar-refractivity contribution in [3.05, 3.63) is 42.1 Å². The number of rotatable bonds is 2. The van der Waals surface area contributed by atoms with E-state index in [1.54, 1.807) is 0 Å². The molecule has 0 radical (unpaired) electrons. The van der Waals surface area contributed by atoms with Crippen molar-refractivity contribution in [1.82, 2.24) is 10.3 Å². The molecular weight excluding hydrogens is 279 g/mol. The number of nitrogens with zero attached hydrogens (tertiary/aromatic N) is 1. The third-order valence-electron chi connectivity index (χ3n) is 3.65. The van der Waals surface area contributed by atoms with Gasteiger partial charge in [0.1, 0.15) is 0 Å². The molecule has 0 amide bonds. The van der Waals surface area contributed by atoms with Crippen molar-refractivity contribution >= 4 is 35.7 Å². The molecule has 104 valence electrons. The molecule has 0 spiro atoms. The fourth-order valence-electron chi connectivity index (χ4n) is 2.74. The average Bonchev–Trinajstić information content (AvgIpc) is 2.40. The third kappa shape index (κ3) is 3.82. The van der Waals surface area contributed by atoms with Gasteiger partial charge < -0.3 is 5.32 Å². The molecule has 1 aliphatic rings. The van der Waals surface area contributed by atoms with Crippen LogP contribution in [0.4, 0.5) is 0 Å². The Hall–Kier alpha value is -0.830. The van der Waals surface area contributed by atoms with E-state index in [1.165, 1.54) is 36.8 Å². The Kier molecular flexibility index (Phi) is 6.56. The van der Waals surface area contributed by atoms with Crippen molar-refractivity contribution in [2.75, 3.05) is 13.1 Å². The highest BCUT2D eigenvalue weighted by molar-refractivity contribution is 5.85. The zero-order valence-electron chi connectivity index (χ0n) is 10.8. The number of nitrogens with one attached hydrogen (secondary N) is 1. The Morgan fingerprint density at radius 2 is 2.00 bits per heavy atom. The van der Waals surface area contributed by atoms with Gasteiger partial charge in [-0.15, -0.1) is 24.8 Å². The van der Waals surface area contributed by atoms with Crippen LogP contribution in [-0.2, 0) is 6.42 Å². The third-order valence-corrected chi connectivity index (χ3v) is 3.65. The predicted octanol–water partition coefficient (Wildman–Crippen LogP) is 3.62. The first-order valence-electron chi connectivity index (χ1n) is 6.47. The Bertz CT molecular complexity index is 505. The maximum atomic E-state index is 4.42. The summed E-state index contributed by atoms with van der Waals surface area (Å²) in [5.74, 6) is 0.787. The Balaban J connectivity index is 0.000000902. The molecule has 1 N–H and O–H groups in total. The number of fused-ring (bicyclic) bond motifs is 1. The number of halogens is 2. The van der Waals surface area contributed by atoms with E-state index in [0.29, 0.717) is 0 Å². The number of aromatic nitrogens is 1. The van der Waals surface area contributed by atoms with Crippen LogP contribution in [0.3, 0.4) is 0 Å². The van der Waals surface area contributed by atoms with Gasteiger partial charge in [-0.3, -0.25) is 4.98 Å². The zero-order chi connectivity index (χ0) is 11.5. The molecule has 1 aliphatic heterocycles. The lowest BCUT2D eigenvalue weighted by molar-refractivity contribution is 0.377. The largest absolute Gasteiger partial charge is 0.316 e. The van der Waals surface area contributed by atoms with Crippen molar-refractivity contribution in [2.24, 2.45) is 5.92 Å². The number of para-hydroxylation sites is 1. The van der Waals surface area contributed by atoms with E-state index in [-0.39, 0.29) is 24.8 Å². The first kappa shape index (κ1) is 16.2. The highest BCUT2D eigenvalue weighted by atomic mass is 35.5. The van der Waals surface area contributed by atoms with Crippen molar-refractivity contribution in [3.63, 3.8) is 0 Å². The molecular formula is C15H20Cl2N2.